The van der Waals surface area contributed by atoms with Crippen molar-refractivity contribution in [3.8, 4) is 0 Å². The average molecular weight is 544 g/mol. The van der Waals surface area contributed by atoms with E-state index in [2.05, 4.69) is 126 Å². The number of likely N-dealkylation sites (N-methyl/N-ethyl adjacent to an activating group) is 1. The molecule has 218 valence electrons. The van der Waals surface area contributed by atoms with Crippen LogP contribution in [0.5, 0.6) is 0 Å². The van der Waals surface area contributed by atoms with Gasteiger partial charge in [-0.05, 0) is 47.7 Å². The number of aryl methyl sites for hydroxylation is 1. The monoisotopic (exact) mass is 543 g/mol. The number of benzene rings is 2. The lowest BCUT2D eigenvalue weighted by molar-refractivity contribution is -0.107. The minimum absolute atomic E-state index is 0.639. The van der Waals surface area contributed by atoms with Gasteiger partial charge in [-0.15, -0.1) is 0 Å². The normalized spacial score (nSPS) is 9.24. The van der Waals surface area contributed by atoms with Crippen molar-refractivity contribution in [2.75, 3.05) is 25.6 Å². The quantitative estimate of drug-likeness (QED) is 0.252. The second kappa shape index (κ2) is 39.4. The number of thioether (sulfide) groups is 1. The summed E-state index contributed by atoms with van der Waals surface area (Å²) in [4.78, 5) is 9.17. The van der Waals surface area contributed by atoms with Crippen LogP contribution in [0, 0.1) is 0 Å². The van der Waals surface area contributed by atoms with Crippen LogP contribution in [0.2, 0.25) is 0 Å². The molecule has 0 spiro atoms. The van der Waals surface area contributed by atoms with Gasteiger partial charge in [-0.1, -0.05) is 154 Å². The number of carbonyl (C=O) groups excluding carboxylic acids is 1. The molecule has 0 aromatic heterocycles. The number of rotatable bonds is 9. The van der Waals surface area contributed by atoms with E-state index in [-0.39, 0.29) is 0 Å². The van der Waals surface area contributed by atoms with Crippen LogP contribution in [0.15, 0.2) is 54.6 Å². The van der Waals surface area contributed by atoms with Crippen LogP contribution in [0.4, 0.5) is 0 Å². The van der Waals surface area contributed by atoms with Crippen molar-refractivity contribution in [1.82, 2.24) is 5.32 Å². The molecule has 0 aliphatic heterocycles. The van der Waals surface area contributed by atoms with Crippen molar-refractivity contribution in [1.29, 1.82) is 0 Å². The van der Waals surface area contributed by atoms with Crippen molar-refractivity contribution in [3.63, 3.8) is 0 Å². The molecule has 2 nitrogen and oxygen atoms in total. The molecular weight excluding hydrogens is 482 g/mol. The van der Waals surface area contributed by atoms with Gasteiger partial charge in [0, 0.05) is 13.0 Å². The van der Waals surface area contributed by atoms with Crippen LogP contribution in [-0.4, -0.2) is 31.9 Å². The maximum Gasteiger partial charge on any atom is 0.119 e. The highest BCUT2D eigenvalue weighted by molar-refractivity contribution is 7.98. The first kappa shape index (κ1) is 43.0. The molecule has 0 bridgehead atoms. The molecule has 0 atom stereocenters. The van der Waals surface area contributed by atoms with E-state index in [0.29, 0.717) is 6.42 Å². The van der Waals surface area contributed by atoms with Gasteiger partial charge in [-0.25, -0.2) is 0 Å². The fourth-order valence-electron chi connectivity index (χ4n) is 2.09. The van der Waals surface area contributed by atoms with Gasteiger partial charge in [-0.3, -0.25) is 0 Å². The minimum atomic E-state index is 0.639. The third-order valence-corrected chi connectivity index (χ3v) is 4.96. The summed E-state index contributed by atoms with van der Waals surface area (Å²) >= 11 is 1.86. The van der Waals surface area contributed by atoms with Crippen molar-refractivity contribution >= 4 is 36.3 Å². The SMILES string of the molecule is CC.CCC.CCC=O.CCCC.CCSC.CCc1ccc(/C=C/c2ccc(/C=C/CNC)cc2)cc1. The Morgan fingerprint density at radius 1 is 0.711 bits per heavy atom. The molecule has 0 fully saturated rings. The Morgan fingerprint density at radius 3 is 1.32 bits per heavy atom. The molecule has 38 heavy (non-hydrogen) atoms. The van der Waals surface area contributed by atoms with Crippen LogP contribution in [0.1, 0.15) is 110 Å². The van der Waals surface area contributed by atoms with E-state index in [1.54, 1.807) is 0 Å². The zero-order chi connectivity index (χ0) is 29.9. The summed E-state index contributed by atoms with van der Waals surface area (Å²) in [5.74, 6) is 1.24. The first-order valence-electron chi connectivity index (χ1n) is 14.6. The Kier molecular flexibility index (Phi) is 44.6. The van der Waals surface area contributed by atoms with E-state index < -0.39 is 0 Å². The molecule has 3 heteroatoms. The summed E-state index contributed by atoms with van der Waals surface area (Å²) in [7, 11) is 1.95. The number of nitrogens with one attached hydrogen (secondary N) is 1. The predicted octanol–water partition coefficient (Wildman–Crippen LogP) is 10.9. The largest absolute Gasteiger partial charge is 0.316 e. The van der Waals surface area contributed by atoms with E-state index in [9.17, 15) is 4.79 Å². The second-order valence-corrected chi connectivity index (χ2v) is 9.07. The summed E-state index contributed by atoms with van der Waals surface area (Å²) < 4.78 is 0. The summed E-state index contributed by atoms with van der Waals surface area (Å²) in [6, 6.07) is 17.3. The number of carbonyl (C=O) groups is 1. The molecule has 1 N–H and O–H groups in total. The number of hydrogen-bond acceptors (Lipinski definition) is 3. The molecule has 0 unspecified atom stereocenters. The topological polar surface area (TPSA) is 29.1 Å². The highest BCUT2D eigenvalue weighted by Crippen LogP contribution is 2.12. The minimum Gasteiger partial charge on any atom is -0.316 e. The molecule has 0 radical (unpaired) electrons. The summed E-state index contributed by atoms with van der Waals surface area (Å²) in [6.07, 6.45) is 17.2. The lowest BCUT2D eigenvalue weighted by Gasteiger charge is -1.99. The fourth-order valence-corrected chi connectivity index (χ4v) is 2.09. The molecule has 0 heterocycles. The Labute approximate surface area is 242 Å². The van der Waals surface area contributed by atoms with Crippen molar-refractivity contribution in [2.45, 2.75) is 94.4 Å². The van der Waals surface area contributed by atoms with Crippen LogP contribution in [0.25, 0.3) is 18.2 Å². The maximum absolute atomic E-state index is 9.17. The molecule has 0 aliphatic rings. The lowest BCUT2D eigenvalue weighted by atomic mass is 10.1. The standard InChI is InChI=1S/C20H23N.C4H10.C3H6O.C3H8S.C3H8.C2H6/c1-3-17-6-8-19(9-7-17)14-15-20-12-10-18(11-13-20)5-4-16-21-2;1-3-4-2;1-2-3-4;1-3-4-2;1-3-2;1-2/h4-15,21H,3,16H2,1-2H3;3-4H2,1-2H3;3H,2H2,1H3;3H2,1-2H3;3H2,1-2H3;1-2H3/b5-4+,15-14+;;;;;. The van der Waals surface area contributed by atoms with E-state index in [1.807, 2.05) is 39.6 Å². The van der Waals surface area contributed by atoms with Crippen LogP contribution < -0.4 is 5.32 Å². The average Bonchev–Trinajstić information content (AvgIpc) is 2.99. The predicted molar refractivity (Wildman–Crippen MR) is 182 cm³/mol. The summed E-state index contributed by atoms with van der Waals surface area (Å²) in [6.45, 7) is 19.6. The third kappa shape index (κ3) is 33.9. The highest BCUT2D eigenvalue weighted by atomic mass is 32.2. The van der Waals surface area contributed by atoms with Gasteiger partial charge >= 0.3 is 0 Å². The molecule has 2 aromatic rings. The first-order valence-corrected chi connectivity index (χ1v) is 16.0. The first-order chi connectivity index (χ1) is 18.5. The lowest BCUT2D eigenvalue weighted by Crippen LogP contribution is -2.03. The number of aldehydes is 1. The molecule has 2 aromatic carbocycles. The van der Waals surface area contributed by atoms with Gasteiger partial charge < -0.3 is 10.1 Å². The van der Waals surface area contributed by atoms with Gasteiger partial charge in [-0.2, -0.15) is 11.8 Å². The van der Waals surface area contributed by atoms with E-state index >= 15 is 0 Å². The highest BCUT2D eigenvalue weighted by Gasteiger charge is 1.91. The Bertz CT molecular complexity index is 726. The maximum atomic E-state index is 9.17. The second-order valence-electron chi connectivity index (χ2n) is 7.91. The van der Waals surface area contributed by atoms with Crippen molar-refractivity contribution < 1.29 is 4.79 Å². The Hall–Kier alpha value is -2.10. The van der Waals surface area contributed by atoms with Gasteiger partial charge in [0.25, 0.3) is 0 Å². The molecule has 0 saturated heterocycles. The van der Waals surface area contributed by atoms with Gasteiger partial charge in [0.05, 0.1) is 0 Å². The van der Waals surface area contributed by atoms with Gasteiger partial charge in [0.1, 0.15) is 6.29 Å². The zero-order valence-electron chi connectivity index (χ0n) is 26.8. The Morgan fingerprint density at radius 2 is 1.05 bits per heavy atom. The Balaban J connectivity index is -0.000000279. The molecule has 2 rings (SSSR count). The smallest absolute Gasteiger partial charge is 0.119 e. The van der Waals surface area contributed by atoms with Gasteiger partial charge in [0.15, 0.2) is 0 Å². The van der Waals surface area contributed by atoms with Crippen molar-refractivity contribution in [2.24, 2.45) is 0 Å². The van der Waals surface area contributed by atoms with Crippen LogP contribution >= 0.6 is 11.8 Å². The van der Waals surface area contributed by atoms with Crippen LogP contribution in [-0.2, 0) is 11.2 Å². The number of hydrogen-bond donors (Lipinski definition) is 1. The molecular formula is C35H61NOS. The third-order valence-electron chi connectivity index (χ3n) is 4.38. The zero-order valence-corrected chi connectivity index (χ0v) is 27.6. The van der Waals surface area contributed by atoms with E-state index in [4.69, 9.17) is 0 Å². The molecule has 0 aliphatic carbocycles. The molecule has 0 saturated carbocycles. The van der Waals surface area contributed by atoms with Crippen molar-refractivity contribution in [3.05, 3.63) is 76.9 Å². The van der Waals surface area contributed by atoms with Crippen LogP contribution in [0.3, 0.4) is 0 Å². The van der Waals surface area contributed by atoms with E-state index in [0.717, 1.165) is 19.3 Å². The molecule has 0 amide bonds. The summed E-state index contributed by atoms with van der Waals surface area (Å²) in [5, 5.41) is 3.10. The van der Waals surface area contributed by atoms with E-state index in [1.165, 1.54) is 47.3 Å². The fraction of sp³-hybridized carbons (Fsp3) is 0.514. The summed E-state index contributed by atoms with van der Waals surface area (Å²) in [5.41, 5.74) is 5.07. The van der Waals surface area contributed by atoms with Gasteiger partial charge in [0.2, 0.25) is 0 Å². The number of unbranched alkanes of at least 4 members (excludes halogenated alkanes) is 1.